The Balaban J connectivity index is 1.57. The van der Waals surface area contributed by atoms with Crippen molar-refractivity contribution in [1.29, 1.82) is 0 Å². The van der Waals surface area contributed by atoms with Crippen LogP contribution in [0.3, 0.4) is 0 Å². The fourth-order valence-electron chi connectivity index (χ4n) is 2.36. The highest BCUT2D eigenvalue weighted by Crippen LogP contribution is 2.11. The number of hydrogen-bond donors (Lipinski definition) is 2. The van der Waals surface area contributed by atoms with E-state index in [0.717, 1.165) is 18.5 Å². The van der Waals surface area contributed by atoms with Crippen LogP contribution in [0.4, 0.5) is 11.9 Å². The molecule has 5 nitrogen and oxygen atoms in total. The Labute approximate surface area is 152 Å². The second kappa shape index (κ2) is 8.44. The van der Waals surface area contributed by atoms with Crippen molar-refractivity contribution in [3.63, 3.8) is 0 Å². The van der Waals surface area contributed by atoms with Crippen molar-refractivity contribution in [2.24, 2.45) is 0 Å². The number of nitrogens with zero attached hydrogens (tertiary/aromatic N) is 3. The number of rotatable bonds is 7. The van der Waals surface area contributed by atoms with Crippen LogP contribution in [0.1, 0.15) is 16.7 Å². The molecular weight excluding hydrogens is 334 g/mol. The van der Waals surface area contributed by atoms with Gasteiger partial charge < -0.3 is 10.6 Å². The molecule has 0 fully saturated rings. The molecule has 0 bridgehead atoms. The molecule has 6 heteroatoms. The van der Waals surface area contributed by atoms with E-state index in [0.29, 0.717) is 18.4 Å². The molecule has 0 unspecified atom stereocenters. The molecule has 0 aliphatic heterocycles. The van der Waals surface area contributed by atoms with Gasteiger partial charge >= 0.3 is 0 Å². The first-order valence-electron chi connectivity index (χ1n) is 8.18. The summed E-state index contributed by atoms with van der Waals surface area (Å²) in [6, 6.07) is 18.6. The van der Waals surface area contributed by atoms with Crippen molar-refractivity contribution in [3.8, 4) is 0 Å². The van der Waals surface area contributed by atoms with E-state index in [1.165, 1.54) is 11.1 Å². The molecule has 0 aliphatic carbocycles. The van der Waals surface area contributed by atoms with Crippen LogP contribution in [0.25, 0.3) is 0 Å². The fraction of sp³-hybridized carbons (Fsp3) is 0.211. The van der Waals surface area contributed by atoms with Gasteiger partial charge in [0.05, 0.1) is 0 Å². The van der Waals surface area contributed by atoms with Gasteiger partial charge in [-0.1, -0.05) is 60.2 Å². The average Bonchev–Trinajstić information content (AvgIpc) is 2.62. The number of nitrogens with one attached hydrogen (secondary N) is 2. The molecule has 0 radical (unpaired) electrons. The molecule has 2 aromatic carbocycles. The SMILES string of the molecule is Cc1ccc(CNc2nc(Cl)nc(NCCc3ccccc3)n2)cc1. The Bertz CT molecular complexity index is 806. The van der Waals surface area contributed by atoms with Crippen LogP contribution in [0, 0.1) is 6.92 Å². The number of anilines is 2. The molecule has 0 amide bonds. The first kappa shape index (κ1) is 17.2. The summed E-state index contributed by atoms with van der Waals surface area (Å²) in [4.78, 5) is 12.6. The maximum Gasteiger partial charge on any atom is 0.229 e. The normalized spacial score (nSPS) is 10.5. The minimum absolute atomic E-state index is 0.170. The molecule has 3 aromatic rings. The van der Waals surface area contributed by atoms with E-state index < -0.39 is 0 Å². The standard InChI is InChI=1S/C19H20ClN5/c1-14-7-9-16(10-8-14)13-22-19-24-17(20)23-18(25-19)21-12-11-15-5-3-2-4-6-15/h2-10H,11-13H2,1H3,(H2,21,22,23,24,25). The molecule has 1 heterocycles. The van der Waals surface area contributed by atoms with Gasteiger partial charge in [0.2, 0.25) is 17.2 Å². The first-order valence-corrected chi connectivity index (χ1v) is 8.55. The Morgan fingerprint density at radius 3 is 2.20 bits per heavy atom. The van der Waals surface area contributed by atoms with Gasteiger partial charge in [-0.05, 0) is 36.1 Å². The van der Waals surface area contributed by atoms with E-state index in [1.807, 2.05) is 18.2 Å². The molecule has 1 aromatic heterocycles. The lowest BCUT2D eigenvalue weighted by Crippen LogP contribution is -2.11. The van der Waals surface area contributed by atoms with Crippen LogP contribution in [0.5, 0.6) is 0 Å². The summed E-state index contributed by atoms with van der Waals surface area (Å²) in [5.74, 6) is 0.935. The van der Waals surface area contributed by atoms with E-state index in [2.05, 4.69) is 68.9 Å². The maximum atomic E-state index is 6.01. The number of aryl methyl sites for hydroxylation is 1. The molecule has 128 valence electrons. The van der Waals surface area contributed by atoms with Crippen molar-refractivity contribution in [1.82, 2.24) is 15.0 Å². The quantitative estimate of drug-likeness (QED) is 0.669. The third-order valence-electron chi connectivity index (χ3n) is 3.72. The summed E-state index contributed by atoms with van der Waals surface area (Å²) >= 11 is 6.01. The topological polar surface area (TPSA) is 62.7 Å². The number of halogens is 1. The first-order chi connectivity index (χ1) is 12.2. The van der Waals surface area contributed by atoms with Crippen LogP contribution in [0.15, 0.2) is 54.6 Å². The lowest BCUT2D eigenvalue weighted by atomic mass is 10.1. The zero-order valence-electron chi connectivity index (χ0n) is 14.0. The van der Waals surface area contributed by atoms with Gasteiger partial charge in [0, 0.05) is 13.1 Å². The van der Waals surface area contributed by atoms with Gasteiger partial charge in [-0.3, -0.25) is 0 Å². The lowest BCUT2D eigenvalue weighted by Gasteiger charge is -2.09. The smallest absolute Gasteiger partial charge is 0.229 e. The lowest BCUT2D eigenvalue weighted by molar-refractivity contribution is 0.952. The van der Waals surface area contributed by atoms with Crippen molar-refractivity contribution in [3.05, 3.63) is 76.6 Å². The largest absolute Gasteiger partial charge is 0.354 e. The zero-order valence-corrected chi connectivity index (χ0v) is 14.8. The Morgan fingerprint density at radius 1 is 0.800 bits per heavy atom. The summed E-state index contributed by atoms with van der Waals surface area (Å²) in [6.45, 7) is 3.42. The minimum atomic E-state index is 0.170. The average molecular weight is 354 g/mol. The van der Waals surface area contributed by atoms with E-state index in [9.17, 15) is 0 Å². The van der Waals surface area contributed by atoms with Gasteiger partial charge in [0.1, 0.15) is 0 Å². The molecule has 25 heavy (non-hydrogen) atoms. The van der Waals surface area contributed by atoms with Crippen LogP contribution < -0.4 is 10.6 Å². The summed E-state index contributed by atoms with van der Waals surface area (Å²) in [6.07, 6.45) is 0.885. The van der Waals surface area contributed by atoms with Crippen molar-refractivity contribution < 1.29 is 0 Å². The molecule has 0 saturated heterocycles. The van der Waals surface area contributed by atoms with Crippen molar-refractivity contribution in [2.75, 3.05) is 17.2 Å². The molecule has 0 atom stereocenters. The van der Waals surface area contributed by atoms with Crippen LogP contribution in [-0.4, -0.2) is 21.5 Å². The molecule has 2 N–H and O–H groups in total. The van der Waals surface area contributed by atoms with E-state index in [-0.39, 0.29) is 5.28 Å². The Hall–Kier alpha value is -2.66. The van der Waals surface area contributed by atoms with E-state index >= 15 is 0 Å². The second-order valence-corrected chi connectivity index (χ2v) is 6.09. The Kier molecular flexibility index (Phi) is 5.80. The maximum absolute atomic E-state index is 6.01. The second-order valence-electron chi connectivity index (χ2n) is 5.75. The van der Waals surface area contributed by atoms with Crippen LogP contribution in [-0.2, 0) is 13.0 Å². The molecular formula is C19H20ClN5. The van der Waals surface area contributed by atoms with Crippen LogP contribution in [0.2, 0.25) is 5.28 Å². The minimum Gasteiger partial charge on any atom is -0.354 e. The summed E-state index contributed by atoms with van der Waals surface area (Å²) < 4.78 is 0. The van der Waals surface area contributed by atoms with Crippen molar-refractivity contribution >= 4 is 23.5 Å². The van der Waals surface area contributed by atoms with Gasteiger partial charge in [-0.15, -0.1) is 0 Å². The van der Waals surface area contributed by atoms with Gasteiger partial charge in [0.25, 0.3) is 0 Å². The predicted octanol–water partition coefficient (Wildman–Crippen LogP) is 4.10. The fourth-order valence-corrected chi connectivity index (χ4v) is 2.52. The third kappa shape index (κ3) is 5.43. The molecule has 0 aliphatic rings. The van der Waals surface area contributed by atoms with Crippen molar-refractivity contribution in [2.45, 2.75) is 19.9 Å². The van der Waals surface area contributed by atoms with Gasteiger partial charge in [0.15, 0.2) is 0 Å². The molecule has 0 saturated carbocycles. The van der Waals surface area contributed by atoms with Gasteiger partial charge in [-0.25, -0.2) is 0 Å². The Morgan fingerprint density at radius 2 is 1.48 bits per heavy atom. The monoisotopic (exact) mass is 353 g/mol. The van der Waals surface area contributed by atoms with E-state index in [4.69, 9.17) is 11.6 Å². The number of hydrogen-bond acceptors (Lipinski definition) is 5. The highest BCUT2D eigenvalue weighted by Gasteiger charge is 2.05. The van der Waals surface area contributed by atoms with Gasteiger partial charge in [-0.2, -0.15) is 15.0 Å². The highest BCUT2D eigenvalue weighted by molar-refractivity contribution is 6.28. The molecule has 3 rings (SSSR count). The highest BCUT2D eigenvalue weighted by atomic mass is 35.5. The van der Waals surface area contributed by atoms with Crippen LogP contribution >= 0.6 is 11.6 Å². The zero-order chi connectivity index (χ0) is 17.5. The summed E-state index contributed by atoms with van der Waals surface area (Å²) in [5, 5.41) is 6.55. The summed E-state index contributed by atoms with van der Waals surface area (Å²) in [5.41, 5.74) is 3.64. The predicted molar refractivity (Wildman–Crippen MR) is 102 cm³/mol. The third-order valence-corrected chi connectivity index (χ3v) is 3.89. The van der Waals surface area contributed by atoms with E-state index in [1.54, 1.807) is 0 Å². The number of benzene rings is 2. The summed E-state index contributed by atoms with van der Waals surface area (Å²) in [7, 11) is 0. The number of aromatic nitrogens is 3. The molecule has 0 spiro atoms.